The molecule has 0 radical (unpaired) electrons. The van der Waals surface area contributed by atoms with Crippen LogP contribution in [0.15, 0.2) is 47.8 Å². The summed E-state index contributed by atoms with van der Waals surface area (Å²) in [5.74, 6) is -0.244. The van der Waals surface area contributed by atoms with Crippen LogP contribution in [0.2, 0.25) is 0 Å². The lowest BCUT2D eigenvalue weighted by Crippen LogP contribution is -2.15. The molecule has 1 aromatic heterocycles. The average Bonchev–Trinajstić information content (AvgIpc) is 3.19. The summed E-state index contributed by atoms with van der Waals surface area (Å²) in [5, 5.41) is 15.1. The summed E-state index contributed by atoms with van der Waals surface area (Å²) < 4.78 is 5.25. The van der Waals surface area contributed by atoms with Crippen LogP contribution in [0.5, 0.6) is 5.75 Å². The number of aromatic carboxylic acids is 1. The van der Waals surface area contributed by atoms with E-state index in [9.17, 15) is 9.59 Å². The van der Waals surface area contributed by atoms with Gasteiger partial charge in [0.15, 0.2) is 0 Å². The van der Waals surface area contributed by atoms with Gasteiger partial charge in [0.1, 0.15) is 10.8 Å². The summed E-state index contributed by atoms with van der Waals surface area (Å²) in [6, 6.07) is 12.1. The zero-order chi connectivity index (χ0) is 22.5. The second-order valence-corrected chi connectivity index (χ2v) is 8.64. The van der Waals surface area contributed by atoms with Crippen molar-refractivity contribution in [2.75, 3.05) is 12.4 Å². The molecule has 1 fully saturated rings. The van der Waals surface area contributed by atoms with Gasteiger partial charge in [-0.1, -0.05) is 30.7 Å². The number of hydrogen-bond donors (Lipinski definition) is 2. The molecule has 2 N–H and O–H groups in total. The molecule has 7 heteroatoms. The minimum atomic E-state index is -1.04. The number of hydrogen-bond acceptors (Lipinski definition) is 5. The average molecular weight is 449 g/mol. The molecular formula is C25H24N2O4S. The Balaban J connectivity index is 1.39. The minimum absolute atomic E-state index is 0.0756. The first kappa shape index (κ1) is 21.8. The number of carbonyl (C=O) groups excluding carboxylic acids is 1. The van der Waals surface area contributed by atoms with Gasteiger partial charge in [-0.25, -0.2) is 9.78 Å². The van der Waals surface area contributed by atoms with E-state index in [1.165, 1.54) is 44.2 Å². The molecular weight excluding hydrogens is 424 g/mol. The van der Waals surface area contributed by atoms with E-state index in [0.29, 0.717) is 22.9 Å². The van der Waals surface area contributed by atoms with Gasteiger partial charge in [0.2, 0.25) is 5.91 Å². The third kappa shape index (κ3) is 5.23. The molecule has 0 bridgehead atoms. The van der Waals surface area contributed by atoms with E-state index in [2.05, 4.69) is 10.7 Å². The number of rotatable bonds is 8. The van der Waals surface area contributed by atoms with E-state index in [-0.39, 0.29) is 17.9 Å². The van der Waals surface area contributed by atoms with Crippen LogP contribution in [-0.4, -0.2) is 29.1 Å². The normalized spacial score (nSPS) is 13.7. The number of carbonyl (C=O) groups is 2. The number of nitrogens with zero attached hydrogens (tertiary/aromatic N) is 1. The predicted octanol–water partition coefficient (Wildman–Crippen LogP) is 5.47. The zero-order valence-corrected chi connectivity index (χ0v) is 18.5. The van der Waals surface area contributed by atoms with E-state index in [0.717, 1.165) is 10.6 Å². The summed E-state index contributed by atoms with van der Waals surface area (Å²) in [5.41, 5.74) is 3.59. The van der Waals surface area contributed by atoms with Gasteiger partial charge in [0, 0.05) is 22.5 Å². The number of carboxylic acid groups (broad SMARTS) is 1. The van der Waals surface area contributed by atoms with Crippen molar-refractivity contribution < 1.29 is 19.4 Å². The topological polar surface area (TPSA) is 88.5 Å². The highest BCUT2D eigenvalue weighted by Crippen LogP contribution is 2.36. The zero-order valence-electron chi connectivity index (χ0n) is 17.7. The lowest BCUT2D eigenvalue weighted by molar-refractivity contribution is -0.115. The molecule has 1 saturated carbocycles. The van der Waals surface area contributed by atoms with Gasteiger partial charge in [0.05, 0.1) is 24.8 Å². The number of aromatic nitrogens is 1. The van der Waals surface area contributed by atoms with Crippen molar-refractivity contribution >= 4 is 41.1 Å². The number of thiazole rings is 1. The van der Waals surface area contributed by atoms with Crippen molar-refractivity contribution in [2.24, 2.45) is 0 Å². The Kier molecular flexibility index (Phi) is 6.66. The summed E-state index contributed by atoms with van der Waals surface area (Å²) in [4.78, 5) is 28.4. The molecule has 6 nitrogen and oxygen atoms in total. The molecule has 1 amide bonds. The Hall–Kier alpha value is -3.45. The largest absolute Gasteiger partial charge is 0.496 e. The maximum atomic E-state index is 12.6. The minimum Gasteiger partial charge on any atom is -0.496 e. The summed E-state index contributed by atoms with van der Waals surface area (Å²) in [7, 11) is 1.45. The van der Waals surface area contributed by atoms with Gasteiger partial charge in [-0.15, -0.1) is 11.3 Å². The molecule has 1 heterocycles. The van der Waals surface area contributed by atoms with Crippen LogP contribution in [0, 0.1) is 0 Å². The van der Waals surface area contributed by atoms with Gasteiger partial charge in [0.25, 0.3) is 0 Å². The SMILES string of the molecule is COc1cc(C(=O)O)ccc1CC(=O)Nc1cccc(/C=C/c2nc(C3CCC3)cs2)c1. The van der Waals surface area contributed by atoms with Crippen LogP contribution in [0.1, 0.15) is 57.4 Å². The second-order valence-electron chi connectivity index (χ2n) is 7.75. The first-order valence-electron chi connectivity index (χ1n) is 10.5. The Morgan fingerprint density at radius 1 is 1.22 bits per heavy atom. The molecule has 0 unspecified atom stereocenters. The fourth-order valence-electron chi connectivity index (χ4n) is 3.56. The molecule has 1 aliphatic carbocycles. The molecule has 0 saturated heterocycles. The van der Waals surface area contributed by atoms with Crippen molar-refractivity contribution in [3.8, 4) is 5.75 Å². The standard InChI is InChI=1S/C25H24N2O4S/c1-31-22-13-19(25(29)30)10-9-18(22)14-23(28)26-20-7-2-4-16(12-20)8-11-24-27-21(15-32-24)17-5-3-6-17/h2,4,7-13,15,17H,3,5-6,14H2,1H3,(H,26,28)(H,29,30)/b11-8+. The number of amides is 1. The van der Waals surface area contributed by atoms with Crippen molar-refractivity contribution in [2.45, 2.75) is 31.6 Å². The molecule has 0 aliphatic heterocycles. The van der Waals surface area contributed by atoms with E-state index < -0.39 is 5.97 Å². The van der Waals surface area contributed by atoms with Crippen LogP contribution in [0.25, 0.3) is 12.2 Å². The number of nitrogens with one attached hydrogen (secondary N) is 1. The van der Waals surface area contributed by atoms with E-state index in [1.807, 2.05) is 36.4 Å². The van der Waals surface area contributed by atoms with E-state index in [4.69, 9.17) is 14.8 Å². The molecule has 1 aliphatic rings. The molecule has 4 rings (SSSR count). The number of methoxy groups -OCH3 is 1. The molecule has 0 atom stereocenters. The summed E-state index contributed by atoms with van der Waals surface area (Å²) in [6.07, 6.45) is 7.85. The Labute approximate surface area is 190 Å². The Bertz CT molecular complexity index is 1160. The van der Waals surface area contributed by atoms with Crippen LogP contribution in [-0.2, 0) is 11.2 Å². The first-order chi connectivity index (χ1) is 15.5. The fraction of sp³-hybridized carbons (Fsp3) is 0.240. The Morgan fingerprint density at radius 2 is 2.06 bits per heavy atom. The Morgan fingerprint density at radius 3 is 2.78 bits per heavy atom. The van der Waals surface area contributed by atoms with Crippen molar-refractivity contribution in [1.29, 1.82) is 0 Å². The molecule has 0 spiro atoms. The van der Waals surface area contributed by atoms with Crippen LogP contribution in [0.3, 0.4) is 0 Å². The number of anilines is 1. The van der Waals surface area contributed by atoms with Gasteiger partial charge >= 0.3 is 5.97 Å². The molecule has 3 aromatic rings. The molecule has 2 aromatic carbocycles. The van der Waals surface area contributed by atoms with Crippen molar-refractivity contribution in [1.82, 2.24) is 4.98 Å². The van der Waals surface area contributed by atoms with Crippen LogP contribution < -0.4 is 10.1 Å². The lowest BCUT2D eigenvalue weighted by atomic mass is 9.83. The molecule has 164 valence electrons. The number of carboxylic acids is 1. The van der Waals surface area contributed by atoms with Gasteiger partial charge in [-0.2, -0.15) is 0 Å². The summed E-state index contributed by atoms with van der Waals surface area (Å²) in [6.45, 7) is 0. The second kappa shape index (κ2) is 9.78. The summed E-state index contributed by atoms with van der Waals surface area (Å²) >= 11 is 1.65. The highest BCUT2D eigenvalue weighted by molar-refractivity contribution is 7.10. The van der Waals surface area contributed by atoms with Crippen LogP contribution in [0.4, 0.5) is 5.69 Å². The fourth-order valence-corrected chi connectivity index (χ4v) is 4.35. The monoisotopic (exact) mass is 448 g/mol. The van der Waals surface area contributed by atoms with E-state index >= 15 is 0 Å². The number of ether oxygens (including phenoxy) is 1. The predicted molar refractivity (Wildman–Crippen MR) is 126 cm³/mol. The van der Waals surface area contributed by atoms with Crippen molar-refractivity contribution in [3.05, 3.63) is 75.2 Å². The number of benzene rings is 2. The maximum Gasteiger partial charge on any atom is 0.335 e. The smallest absolute Gasteiger partial charge is 0.335 e. The lowest BCUT2D eigenvalue weighted by Gasteiger charge is -2.22. The van der Waals surface area contributed by atoms with Gasteiger partial charge in [-0.3, -0.25) is 4.79 Å². The highest BCUT2D eigenvalue weighted by atomic mass is 32.1. The third-order valence-corrected chi connectivity index (χ3v) is 6.37. The van der Waals surface area contributed by atoms with Crippen LogP contribution >= 0.6 is 11.3 Å². The third-order valence-electron chi connectivity index (χ3n) is 5.54. The van der Waals surface area contributed by atoms with E-state index in [1.54, 1.807) is 17.4 Å². The first-order valence-corrected chi connectivity index (χ1v) is 11.3. The quantitative estimate of drug-likeness (QED) is 0.477. The highest BCUT2D eigenvalue weighted by Gasteiger charge is 2.21. The maximum absolute atomic E-state index is 12.6. The molecule has 32 heavy (non-hydrogen) atoms. The van der Waals surface area contributed by atoms with Gasteiger partial charge < -0.3 is 15.2 Å². The van der Waals surface area contributed by atoms with Gasteiger partial charge in [-0.05, 0) is 48.7 Å². The van der Waals surface area contributed by atoms with Crippen molar-refractivity contribution in [3.63, 3.8) is 0 Å².